The highest BCUT2D eigenvalue weighted by molar-refractivity contribution is 7.92. The number of carbonyl (C=O) groups excluding carboxylic acids is 1. The third kappa shape index (κ3) is 5.51. The zero-order valence-electron chi connectivity index (χ0n) is 20.0. The molecule has 0 bridgehead atoms. The number of rotatable bonds is 9. The van der Waals surface area contributed by atoms with Gasteiger partial charge in [0.05, 0.1) is 30.8 Å². The largest absolute Gasteiger partial charge is 0.497 e. The van der Waals surface area contributed by atoms with Crippen LogP contribution >= 0.6 is 0 Å². The van der Waals surface area contributed by atoms with Crippen LogP contribution in [0.25, 0.3) is 0 Å². The van der Waals surface area contributed by atoms with Crippen molar-refractivity contribution in [3.05, 3.63) is 83.4 Å². The zero-order valence-corrected chi connectivity index (χ0v) is 20.8. The van der Waals surface area contributed by atoms with Gasteiger partial charge in [0.2, 0.25) is 5.91 Å². The summed E-state index contributed by atoms with van der Waals surface area (Å²) in [5.74, 6) is 0.438. The second-order valence-corrected chi connectivity index (χ2v) is 9.87. The summed E-state index contributed by atoms with van der Waals surface area (Å²) in [6.07, 6.45) is 0. The van der Waals surface area contributed by atoms with Crippen molar-refractivity contribution in [2.24, 2.45) is 0 Å². The lowest BCUT2D eigenvalue weighted by molar-refractivity contribution is -0.120. The SMILES string of the molecule is COc1ccc(S(=O)(=O)N(CC(=O)N[C@@H](C)c2ccc(C)cc2C)c2ccccc2OC)cc1. The lowest BCUT2D eigenvalue weighted by Gasteiger charge is -2.26. The van der Waals surface area contributed by atoms with Crippen molar-refractivity contribution < 1.29 is 22.7 Å². The number of anilines is 1. The number of amides is 1. The maximum atomic E-state index is 13.6. The van der Waals surface area contributed by atoms with E-state index in [0.29, 0.717) is 11.5 Å². The van der Waals surface area contributed by atoms with Gasteiger partial charge in [0.15, 0.2) is 0 Å². The molecule has 8 heteroatoms. The van der Waals surface area contributed by atoms with Crippen LogP contribution in [0.15, 0.2) is 71.6 Å². The Morgan fingerprint density at radius 2 is 1.65 bits per heavy atom. The van der Waals surface area contributed by atoms with Crippen LogP contribution in [0, 0.1) is 13.8 Å². The summed E-state index contributed by atoms with van der Waals surface area (Å²) in [6, 6.07) is 18.5. The summed E-state index contributed by atoms with van der Waals surface area (Å²) in [6.45, 7) is 5.46. The molecule has 34 heavy (non-hydrogen) atoms. The van der Waals surface area contributed by atoms with Crippen molar-refractivity contribution in [2.75, 3.05) is 25.1 Å². The van der Waals surface area contributed by atoms with Crippen LogP contribution in [0.3, 0.4) is 0 Å². The number of nitrogens with one attached hydrogen (secondary N) is 1. The van der Waals surface area contributed by atoms with Crippen molar-refractivity contribution in [1.82, 2.24) is 5.32 Å². The number of para-hydroxylation sites is 2. The molecule has 180 valence electrons. The number of sulfonamides is 1. The van der Waals surface area contributed by atoms with E-state index in [4.69, 9.17) is 9.47 Å². The topological polar surface area (TPSA) is 84.9 Å². The summed E-state index contributed by atoms with van der Waals surface area (Å²) in [5, 5.41) is 2.93. The molecule has 3 rings (SSSR count). The highest BCUT2D eigenvalue weighted by atomic mass is 32.2. The van der Waals surface area contributed by atoms with Gasteiger partial charge in [0.1, 0.15) is 18.0 Å². The van der Waals surface area contributed by atoms with Crippen LogP contribution in [0.2, 0.25) is 0 Å². The van der Waals surface area contributed by atoms with Crippen LogP contribution in [0.4, 0.5) is 5.69 Å². The Hall–Kier alpha value is -3.52. The molecule has 0 heterocycles. The summed E-state index contributed by atoms with van der Waals surface area (Å²) in [7, 11) is -1.12. The molecule has 0 aliphatic rings. The normalized spacial score (nSPS) is 12.0. The molecule has 1 amide bonds. The Bertz CT molecular complexity index is 1260. The first-order valence-electron chi connectivity index (χ1n) is 10.8. The van der Waals surface area contributed by atoms with Crippen molar-refractivity contribution in [1.29, 1.82) is 0 Å². The van der Waals surface area contributed by atoms with Gasteiger partial charge in [-0.15, -0.1) is 0 Å². The minimum atomic E-state index is -4.08. The quantitative estimate of drug-likeness (QED) is 0.489. The fraction of sp³-hybridized carbons (Fsp3) is 0.269. The van der Waals surface area contributed by atoms with Gasteiger partial charge in [-0.25, -0.2) is 8.42 Å². The molecule has 0 aliphatic carbocycles. The molecular formula is C26H30N2O5S. The number of ether oxygens (including phenoxy) is 2. The lowest BCUT2D eigenvalue weighted by Crippen LogP contribution is -2.41. The molecule has 3 aromatic carbocycles. The monoisotopic (exact) mass is 482 g/mol. The van der Waals surface area contributed by atoms with E-state index in [0.717, 1.165) is 21.0 Å². The van der Waals surface area contributed by atoms with Gasteiger partial charge >= 0.3 is 0 Å². The fourth-order valence-corrected chi connectivity index (χ4v) is 5.25. The maximum absolute atomic E-state index is 13.6. The molecule has 0 saturated carbocycles. The second kappa shape index (κ2) is 10.6. The predicted molar refractivity (Wildman–Crippen MR) is 133 cm³/mol. The van der Waals surface area contributed by atoms with E-state index in [1.807, 2.05) is 39.0 Å². The lowest BCUT2D eigenvalue weighted by atomic mass is 10.0. The van der Waals surface area contributed by atoms with Crippen molar-refractivity contribution >= 4 is 21.6 Å². The van der Waals surface area contributed by atoms with Crippen LogP contribution in [-0.2, 0) is 14.8 Å². The molecule has 0 aromatic heterocycles. The number of methoxy groups -OCH3 is 2. The van der Waals surface area contributed by atoms with Gasteiger partial charge in [-0.2, -0.15) is 0 Å². The first-order chi connectivity index (χ1) is 16.2. The summed E-state index contributed by atoms with van der Waals surface area (Å²) < 4.78 is 38.9. The first-order valence-corrected chi connectivity index (χ1v) is 12.3. The van der Waals surface area contributed by atoms with Crippen LogP contribution in [0.5, 0.6) is 11.5 Å². The Kier molecular flexibility index (Phi) is 7.83. The highest BCUT2D eigenvalue weighted by Crippen LogP contribution is 2.32. The summed E-state index contributed by atoms with van der Waals surface area (Å²) >= 11 is 0. The minimum Gasteiger partial charge on any atom is -0.497 e. The molecule has 1 N–H and O–H groups in total. The molecule has 0 unspecified atom stereocenters. The summed E-state index contributed by atoms with van der Waals surface area (Å²) in [5.41, 5.74) is 3.43. The molecular weight excluding hydrogens is 452 g/mol. The smallest absolute Gasteiger partial charge is 0.264 e. The fourth-order valence-electron chi connectivity index (χ4n) is 3.82. The third-order valence-corrected chi connectivity index (χ3v) is 7.33. The Balaban J connectivity index is 1.94. The zero-order chi connectivity index (χ0) is 24.9. The first kappa shape index (κ1) is 25.1. The Morgan fingerprint density at radius 1 is 0.971 bits per heavy atom. The van der Waals surface area contributed by atoms with Crippen molar-refractivity contribution in [3.63, 3.8) is 0 Å². The van der Waals surface area contributed by atoms with E-state index < -0.39 is 22.5 Å². The number of nitrogens with zero attached hydrogens (tertiary/aromatic N) is 1. The average Bonchev–Trinajstić information content (AvgIpc) is 2.82. The Labute approximate surface area is 201 Å². The van der Waals surface area contributed by atoms with E-state index in [2.05, 4.69) is 5.32 Å². The van der Waals surface area contributed by atoms with Crippen molar-refractivity contribution in [3.8, 4) is 11.5 Å². The predicted octanol–water partition coefficient (Wildman–Crippen LogP) is 4.39. The summed E-state index contributed by atoms with van der Waals surface area (Å²) in [4.78, 5) is 13.1. The number of aryl methyl sites for hydroxylation is 2. The number of hydrogen-bond acceptors (Lipinski definition) is 5. The van der Waals surface area contributed by atoms with Gasteiger partial charge in [-0.3, -0.25) is 9.10 Å². The van der Waals surface area contributed by atoms with E-state index in [-0.39, 0.29) is 16.6 Å². The molecule has 0 saturated heterocycles. The molecule has 1 atom stereocenters. The van der Waals surface area contributed by atoms with Gasteiger partial charge in [0.25, 0.3) is 10.0 Å². The van der Waals surface area contributed by atoms with Crippen LogP contribution in [-0.4, -0.2) is 35.1 Å². The average molecular weight is 483 g/mol. The third-order valence-electron chi connectivity index (χ3n) is 5.56. The van der Waals surface area contributed by atoms with E-state index >= 15 is 0 Å². The molecule has 0 aliphatic heterocycles. The van der Waals surface area contributed by atoms with Gasteiger partial charge in [0, 0.05) is 0 Å². The van der Waals surface area contributed by atoms with E-state index in [1.54, 1.807) is 36.4 Å². The van der Waals surface area contributed by atoms with Crippen molar-refractivity contribution in [2.45, 2.75) is 31.7 Å². The van der Waals surface area contributed by atoms with Gasteiger partial charge in [-0.1, -0.05) is 35.9 Å². The highest BCUT2D eigenvalue weighted by Gasteiger charge is 2.30. The van der Waals surface area contributed by atoms with E-state index in [9.17, 15) is 13.2 Å². The minimum absolute atomic E-state index is 0.0365. The second-order valence-electron chi connectivity index (χ2n) is 8.01. The number of hydrogen-bond donors (Lipinski definition) is 1. The molecule has 0 fully saturated rings. The molecule has 3 aromatic rings. The number of benzene rings is 3. The molecule has 7 nitrogen and oxygen atoms in total. The van der Waals surface area contributed by atoms with E-state index in [1.165, 1.54) is 26.4 Å². The van der Waals surface area contributed by atoms with Crippen LogP contribution in [0.1, 0.15) is 29.7 Å². The number of carbonyl (C=O) groups is 1. The van der Waals surface area contributed by atoms with Crippen LogP contribution < -0.4 is 19.1 Å². The standard InChI is InChI=1S/C26H30N2O5S/c1-18-10-15-23(19(2)16-18)20(3)27-26(29)17-28(24-8-6-7-9-25(24)33-5)34(30,31)22-13-11-21(32-4)12-14-22/h6-16,20H,17H2,1-5H3,(H,27,29)/t20-/m0/s1. The molecule has 0 radical (unpaired) electrons. The van der Waals surface area contributed by atoms with Gasteiger partial charge < -0.3 is 14.8 Å². The molecule has 0 spiro atoms. The Morgan fingerprint density at radius 3 is 2.26 bits per heavy atom. The van der Waals surface area contributed by atoms with Gasteiger partial charge in [-0.05, 0) is 68.3 Å². The maximum Gasteiger partial charge on any atom is 0.264 e.